The molecule has 3 aromatic rings. The van der Waals surface area contributed by atoms with Crippen LogP contribution in [0.3, 0.4) is 0 Å². The zero-order valence-corrected chi connectivity index (χ0v) is 18.1. The van der Waals surface area contributed by atoms with E-state index in [0.717, 1.165) is 15.6 Å². The zero-order chi connectivity index (χ0) is 21.0. The summed E-state index contributed by atoms with van der Waals surface area (Å²) in [6.45, 7) is 0.133. The predicted molar refractivity (Wildman–Crippen MR) is 114 cm³/mol. The fourth-order valence-corrected chi connectivity index (χ4v) is 4.43. The van der Waals surface area contributed by atoms with Crippen molar-refractivity contribution in [1.29, 1.82) is 5.26 Å². The number of nitrogens with zero attached hydrogens (tertiary/aromatic N) is 2. The Kier molecular flexibility index (Phi) is 4.54. The SMILES string of the molecule is N#CC1=C(N)Oc2n[nH]c(-c3ccc(Cl)c(Cl)c3)c2[C@@H]1c1cc2c(cc1Br)OCO2. The van der Waals surface area contributed by atoms with Crippen molar-refractivity contribution < 1.29 is 14.2 Å². The summed E-state index contributed by atoms with van der Waals surface area (Å²) in [4.78, 5) is 0. The highest BCUT2D eigenvalue weighted by atomic mass is 79.9. The van der Waals surface area contributed by atoms with Gasteiger partial charge in [-0.25, -0.2) is 0 Å². The Labute approximate surface area is 189 Å². The molecule has 2 aliphatic heterocycles. The summed E-state index contributed by atoms with van der Waals surface area (Å²) in [5.41, 5.74) is 9.09. The number of halogens is 3. The van der Waals surface area contributed by atoms with Crippen LogP contribution >= 0.6 is 39.1 Å². The van der Waals surface area contributed by atoms with Gasteiger partial charge in [-0.1, -0.05) is 45.2 Å². The zero-order valence-electron chi connectivity index (χ0n) is 15.0. The third kappa shape index (κ3) is 2.89. The molecule has 3 heterocycles. The third-order valence-corrected chi connectivity index (χ3v) is 6.38. The van der Waals surface area contributed by atoms with Gasteiger partial charge < -0.3 is 19.9 Å². The molecule has 7 nitrogen and oxygen atoms in total. The fourth-order valence-electron chi connectivity index (χ4n) is 3.58. The van der Waals surface area contributed by atoms with Gasteiger partial charge in [-0.05, 0) is 29.8 Å². The van der Waals surface area contributed by atoms with Crippen molar-refractivity contribution in [2.45, 2.75) is 5.92 Å². The molecule has 3 N–H and O–H groups in total. The number of ether oxygens (including phenoxy) is 3. The average Bonchev–Trinajstić information content (AvgIpc) is 3.34. The molecule has 1 atom stereocenters. The van der Waals surface area contributed by atoms with E-state index in [4.69, 9.17) is 43.1 Å². The summed E-state index contributed by atoms with van der Waals surface area (Å²) in [6.07, 6.45) is 0. The van der Waals surface area contributed by atoms with E-state index in [2.05, 4.69) is 32.2 Å². The van der Waals surface area contributed by atoms with E-state index < -0.39 is 5.92 Å². The van der Waals surface area contributed by atoms with Gasteiger partial charge >= 0.3 is 0 Å². The molecule has 2 aliphatic rings. The minimum atomic E-state index is -0.564. The van der Waals surface area contributed by atoms with Crippen LogP contribution in [0.4, 0.5) is 0 Å². The molecule has 0 aliphatic carbocycles. The van der Waals surface area contributed by atoms with Gasteiger partial charge in [-0.3, -0.25) is 5.10 Å². The highest BCUT2D eigenvalue weighted by molar-refractivity contribution is 9.10. The minimum Gasteiger partial charge on any atom is -0.454 e. The van der Waals surface area contributed by atoms with Crippen molar-refractivity contribution >= 4 is 39.1 Å². The first-order chi connectivity index (χ1) is 14.5. The van der Waals surface area contributed by atoms with Crippen LogP contribution in [0.2, 0.25) is 10.0 Å². The van der Waals surface area contributed by atoms with Crippen molar-refractivity contribution in [3.05, 3.63) is 67.4 Å². The molecule has 0 unspecified atom stereocenters. The lowest BCUT2D eigenvalue weighted by atomic mass is 9.83. The Morgan fingerprint density at radius 1 is 1.17 bits per heavy atom. The molecule has 2 aromatic carbocycles. The molecule has 10 heteroatoms. The van der Waals surface area contributed by atoms with Crippen LogP contribution < -0.4 is 19.9 Å². The van der Waals surface area contributed by atoms with Crippen molar-refractivity contribution in [3.8, 4) is 34.7 Å². The second kappa shape index (κ2) is 7.13. The first kappa shape index (κ1) is 19.1. The van der Waals surface area contributed by atoms with Crippen LogP contribution in [0.25, 0.3) is 11.3 Å². The number of nitrogens with one attached hydrogen (secondary N) is 1. The quantitative estimate of drug-likeness (QED) is 0.502. The van der Waals surface area contributed by atoms with Crippen molar-refractivity contribution in [2.75, 3.05) is 6.79 Å². The first-order valence-corrected chi connectivity index (χ1v) is 10.2. The molecular weight excluding hydrogens is 495 g/mol. The summed E-state index contributed by atoms with van der Waals surface area (Å²) in [7, 11) is 0. The molecule has 150 valence electrons. The number of benzene rings is 2. The maximum absolute atomic E-state index is 9.87. The van der Waals surface area contributed by atoms with Gasteiger partial charge in [-0.15, -0.1) is 5.10 Å². The Balaban J connectivity index is 1.75. The molecule has 0 bridgehead atoms. The highest BCUT2D eigenvalue weighted by Crippen LogP contribution is 2.50. The number of H-pyrrole nitrogens is 1. The first-order valence-electron chi connectivity index (χ1n) is 8.68. The van der Waals surface area contributed by atoms with E-state index >= 15 is 0 Å². The van der Waals surface area contributed by atoms with Crippen LogP contribution in [0.5, 0.6) is 17.4 Å². The number of aromatic amines is 1. The summed E-state index contributed by atoms with van der Waals surface area (Å²) in [6, 6.07) is 11.0. The summed E-state index contributed by atoms with van der Waals surface area (Å²) >= 11 is 15.9. The van der Waals surface area contributed by atoms with Crippen LogP contribution in [-0.4, -0.2) is 17.0 Å². The van der Waals surface area contributed by atoms with Gasteiger partial charge in [0.15, 0.2) is 11.5 Å². The molecule has 0 fully saturated rings. The van der Waals surface area contributed by atoms with Gasteiger partial charge in [0, 0.05) is 10.0 Å². The van der Waals surface area contributed by atoms with E-state index in [1.807, 2.05) is 12.1 Å². The number of hydrogen-bond donors (Lipinski definition) is 2. The summed E-state index contributed by atoms with van der Waals surface area (Å²) in [5, 5.41) is 17.9. The molecule has 0 saturated carbocycles. The molecule has 0 saturated heterocycles. The number of hydrogen-bond acceptors (Lipinski definition) is 6. The number of nitriles is 1. The summed E-state index contributed by atoms with van der Waals surface area (Å²) in [5.74, 6) is 0.904. The number of aromatic nitrogens is 2. The van der Waals surface area contributed by atoms with E-state index in [-0.39, 0.29) is 24.1 Å². The molecule has 0 radical (unpaired) electrons. The van der Waals surface area contributed by atoms with Crippen LogP contribution in [-0.2, 0) is 0 Å². The molecule has 5 rings (SSSR count). The van der Waals surface area contributed by atoms with Crippen LogP contribution in [0.15, 0.2) is 46.3 Å². The van der Waals surface area contributed by atoms with E-state index in [1.54, 1.807) is 18.2 Å². The second-order valence-corrected chi connectivity index (χ2v) is 8.27. The average molecular weight is 506 g/mol. The second-order valence-electron chi connectivity index (χ2n) is 6.60. The Morgan fingerprint density at radius 3 is 2.67 bits per heavy atom. The topological polar surface area (TPSA) is 106 Å². The summed E-state index contributed by atoms with van der Waals surface area (Å²) < 4.78 is 17.3. The largest absolute Gasteiger partial charge is 0.454 e. The maximum atomic E-state index is 9.87. The van der Waals surface area contributed by atoms with Crippen LogP contribution in [0, 0.1) is 11.3 Å². The van der Waals surface area contributed by atoms with E-state index in [9.17, 15) is 5.26 Å². The molecule has 0 spiro atoms. The van der Waals surface area contributed by atoms with Gasteiger partial charge in [0.05, 0.1) is 27.2 Å². The Morgan fingerprint density at radius 2 is 1.93 bits per heavy atom. The molecule has 0 amide bonds. The monoisotopic (exact) mass is 504 g/mol. The number of rotatable bonds is 2. The Bertz CT molecular complexity index is 1280. The highest BCUT2D eigenvalue weighted by Gasteiger charge is 2.37. The van der Waals surface area contributed by atoms with E-state index in [1.165, 1.54) is 0 Å². The van der Waals surface area contributed by atoms with Crippen molar-refractivity contribution in [3.63, 3.8) is 0 Å². The molecule has 1 aromatic heterocycles. The predicted octanol–water partition coefficient (Wildman–Crippen LogP) is 5.09. The van der Waals surface area contributed by atoms with Crippen LogP contribution in [0.1, 0.15) is 17.0 Å². The minimum absolute atomic E-state index is 0.00763. The van der Waals surface area contributed by atoms with Crippen molar-refractivity contribution in [1.82, 2.24) is 10.2 Å². The third-order valence-electron chi connectivity index (χ3n) is 4.95. The van der Waals surface area contributed by atoms with Gasteiger partial charge in [0.2, 0.25) is 18.6 Å². The van der Waals surface area contributed by atoms with Gasteiger partial charge in [0.25, 0.3) is 0 Å². The maximum Gasteiger partial charge on any atom is 0.244 e. The lowest BCUT2D eigenvalue weighted by Crippen LogP contribution is -2.21. The normalized spacial score (nSPS) is 16.8. The van der Waals surface area contributed by atoms with Gasteiger partial charge in [-0.2, -0.15) is 5.26 Å². The fraction of sp³-hybridized carbons (Fsp3) is 0.100. The van der Waals surface area contributed by atoms with Crippen molar-refractivity contribution in [2.24, 2.45) is 5.73 Å². The number of allylic oxidation sites excluding steroid dienone is 1. The number of fused-ring (bicyclic) bond motifs is 2. The van der Waals surface area contributed by atoms with E-state index in [0.29, 0.717) is 32.8 Å². The standard InChI is InChI=1S/C20H11BrCl2N4O3/c21-11-5-15-14(28-7-29-15)4-9(11)16-10(6-24)19(25)30-20-17(16)18(26-27-20)8-1-2-12(22)13(23)3-8/h1-5,16H,7,25H2,(H,26,27)/t16-/m1/s1. The Hall–Kier alpha value is -2.86. The lowest BCUT2D eigenvalue weighted by molar-refractivity contribution is 0.174. The lowest BCUT2D eigenvalue weighted by Gasteiger charge is -2.25. The smallest absolute Gasteiger partial charge is 0.244 e. The number of nitrogens with two attached hydrogens (primary N) is 1. The van der Waals surface area contributed by atoms with Gasteiger partial charge in [0.1, 0.15) is 11.6 Å². The molecular formula is C20H11BrCl2N4O3. The molecule has 30 heavy (non-hydrogen) atoms.